The van der Waals surface area contributed by atoms with E-state index in [1.54, 1.807) is 54.6 Å². The maximum atomic E-state index is 13.7. The van der Waals surface area contributed by atoms with Crippen LogP contribution in [0.5, 0.6) is 23.0 Å². The molecule has 1 N–H and O–H groups in total. The third-order valence-electron chi connectivity index (χ3n) is 6.01. The largest absolute Gasteiger partial charge is 0.486 e. The zero-order valence-corrected chi connectivity index (χ0v) is 19.1. The van der Waals surface area contributed by atoms with Gasteiger partial charge in [0.15, 0.2) is 23.0 Å². The van der Waals surface area contributed by atoms with Gasteiger partial charge in [0.05, 0.1) is 11.4 Å². The van der Waals surface area contributed by atoms with E-state index in [4.69, 9.17) is 18.9 Å². The number of fused-ring (bicyclic) bond motifs is 3. The van der Waals surface area contributed by atoms with Gasteiger partial charge < -0.3 is 24.1 Å². The van der Waals surface area contributed by atoms with E-state index in [0.717, 1.165) is 4.31 Å². The molecule has 3 aromatic rings. The molecule has 10 heteroatoms. The molecule has 0 aromatic heterocycles. The van der Waals surface area contributed by atoms with Crippen molar-refractivity contribution in [1.82, 2.24) is 4.31 Å². The number of hydrogen-bond acceptors (Lipinski definition) is 7. The van der Waals surface area contributed by atoms with E-state index in [1.807, 2.05) is 0 Å². The maximum absolute atomic E-state index is 13.7. The number of ether oxygens (including phenoxy) is 4. The standard InChI is InChI=1S/C25H19NO8S/c27-25(28)24-23(16-6-8-19-21(12-16)34-14-33-19)17-3-1-2-4-22(17)35(29,30)26(24)13-15-5-7-18-20(11-15)32-10-9-31-18/h1-8,11-12H,9-10,13-14H2,(H,27,28). The fourth-order valence-corrected chi connectivity index (χ4v) is 6.13. The molecule has 3 heterocycles. The van der Waals surface area contributed by atoms with Crippen molar-refractivity contribution < 1.29 is 37.3 Å². The average molecular weight is 493 g/mol. The molecule has 0 unspecified atom stereocenters. The quantitative estimate of drug-likeness (QED) is 0.590. The molecule has 0 amide bonds. The van der Waals surface area contributed by atoms with Crippen LogP contribution in [0.1, 0.15) is 16.7 Å². The van der Waals surface area contributed by atoms with Crippen molar-refractivity contribution in [3.05, 3.63) is 83.1 Å². The summed E-state index contributed by atoms with van der Waals surface area (Å²) in [6, 6.07) is 16.5. The second-order valence-electron chi connectivity index (χ2n) is 8.08. The molecule has 3 aliphatic heterocycles. The molecule has 3 aromatic carbocycles. The SMILES string of the molecule is O=C(O)C1=C(c2ccc3c(c2)OCO3)c2ccccc2S(=O)(=O)N1Cc1ccc2c(c1)OCCO2. The second-order valence-corrected chi connectivity index (χ2v) is 9.91. The predicted octanol–water partition coefficient (Wildman–Crippen LogP) is 3.24. The fourth-order valence-electron chi connectivity index (χ4n) is 4.46. The van der Waals surface area contributed by atoms with E-state index in [0.29, 0.717) is 52.9 Å². The zero-order chi connectivity index (χ0) is 24.2. The molecule has 178 valence electrons. The Balaban J connectivity index is 1.55. The highest BCUT2D eigenvalue weighted by atomic mass is 32.2. The second kappa shape index (κ2) is 7.95. The fraction of sp³-hybridized carbons (Fsp3) is 0.160. The molecule has 9 nitrogen and oxygen atoms in total. The molecule has 3 aliphatic rings. The van der Waals surface area contributed by atoms with Crippen molar-refractivity contribution in [3.8, 4) is 23.0 Å². The van der Waals surface area contributed by atoms with Gasteiger partial charge in [-0.15, -0.1) is 0 Å². The number of nitrogens with zero attached hydrogens (tertiary/aromatic N) is 1. The summed E-state index contributed by atoms with van der Waals surface area (Å²) in [6.45, 7) is 0.655. The van der Waals surface area contributed by atoms with Gasteiger partial charge in [0.1, 0.15) is 18.9 Å². The van der Waals surface area contributed by atoms with Gasteiger partial charge in [0.25, 0.3) is 10.0 Å². The Morgan fingerprint density at radius 1 is 0.857 bits per heavy atom. The third-order valence-corrected chi connectivity index (χ3v) is 7.81. The molecule has 6 rings (SSSR count). The first-order chi connectivity index (χ1) is 16.9. The molecular formula is C25H19NO8S. The first-order valence-corrected chi connectivity index (χ1v) is 12.3. The number of carboxylic acids is 1. The monoisotopic (exact) mass is 493 g/mol. The van der Waals surface area contributed by atoms with Gasteiger partial charge in [-0.05, 0) is 41.5 Å². The van der Waals surface area contributed by atoms with Gasteiger partial charge in [-0.2, -0.15) is 0 Å². The molecule has 0 atom stereocenters. The van der Waals surface area contributed by atoms with Crippen LogP contribution in [0.2, 0.25) is 0 Å². The van der Waals surface area contributed by atoms with Gasteiger partial charge >= 0.3 is 5.97 Å². The topological polar surface area (TPSA) is 112 Å². The normalized spacial score (nSPS) is 17.2. The van der Waals surface area contributed by atoms with Crippen LogP contribution in [0.15, 0.2) is 71.3 Å². The van der Waals surface area contributed by atoms with Crippen LogP contribution >= 0.6 is 0 Å². The van der Waals surface area contributed by atoms with Crippen LogP contribution < -0.4 is 18.9 Å². The van der Waals surface area contributed by atoms with Crippen LogP contribution in [0.25, 0.3) is 5.57 Å². The van der Waals surface area contributed by atoms with Gasteiger partial charge in [0, 0.05) is 11.1 Å². The summed E-state index contributed by atoms with van der Waals surface area (Å²) >= 11 is 0. The summed E-state index contributed by atoms with van der Waals surface area (Å²) in [6.07, 6.45) is 0. The smallest absolute Gasteiger partial charge is 0.353 e. The third kappa shape index (κ3) is 3.45. The van der Waals surface area contributed by atoms with Crippen LogP contribution in [0.4, 0.5) is 0 Å². The van der Waals surface area contributed by atoms with E-state index >= 15 is 0 Å². The lowest BCUT2D eigenvalue weighted by molar-refractivity contribution is -0.133. The molecule has 0 saturated carbocycles. The zero-order valence-electron chi connectivity index (χ0n) is 18.3. The minimum absolute atomic E-state index is 0.0233. The Labute approximate surface area is 200 Å². The Morgan fingerprint density at radius 2 is 1.54 bits per heavy atom. The minimum Gasteiger partial charge on any atom is -0.486 e. The molecule has 0 fully saturated rings. The summed E-state index contributed by atoms with van der Waals surface area (Å²) in [7, 11) is -4.18. The molecule has 35 heavy (non-hydrogen) atoms. The maximum Gasteiger partial charge on any atom is 0.353 e. The Hall–Kier alpha value is -4.18. The van der Waals surface area contributed by atoms with Crippen molar-refractivity contribution in [3.63, 3.8) is 0 Å². The van der Waals surface area contributed by atoms with Crippen molar-refractivity contribution >= 4 is 21.6 Å². The van der Waals surface area contributed by atoms with Gasteiger partial charge in [-0.1, -0.05) is 30.3 Å². The first kappa shape index (κ1) is 21.4. The molecular weight excluding hydrogens is 474 g/mol. The molecule has 0 bridgehead atoms. The number of rotatable bonds is 4. The number of benzene rings is 3. The molecule has 0 spiro atoms. The number of carboxylic acid groups (broad SMARTS) is 1. The van der Waals surface area contributed by atoms with Gasteiger partial charge in [0.2, 0.25) is 6.79 Å². The predicted molar refractivity (Wildman–Crippen MR) is 123 cm³/mol. The lowest BCUT2D eigenvalue weighted by Gasteiger charge is -2.33. The van der Waals surface area contributed by atoms with Crippen LogP contribution in [-0.2, 0) is 21.4 Å². The number of aliphatic carboxylic acids is 1. The summed E-state index contributed by atoms with van der Waals surface area (Å²) < 4.78 is 50.4. The number of carbonyl (C=O) groups is 1. The highest BCUT2D eigenvalue weighted by Gasteiger charge is 2.40. The van der Waals surface area contributed by atoms with E-state index in [2.05, 4.69) is 0 Å². The van der Waals surface area contributed by atoms with E-state index in [9.17, 15) is 18.3 Å². The summed E-state index contributed by atoms with van der Waals surface area (Å²) in [5.41, 5.74) is 1.29. The van der Waals surface area contributed by atoms with Crippen molar-refractivity contribution in [1.29, 1.82) is 0 Å². The van der Waals surface area contributed by atoms with Crippen LogP contribution in [0.3, 0.4) is 0 Å². The van der Waals surface area contributed by atoms with Crippen LogP contribution in [0, 0.1) is 0 Å². The molecule has 0 radical (unpaired) electrons. The highest BCUT2D eigenvalue weighted by molar-refractivity contribution is 7.89. The van der Waals surface area contributed by atoms with Crippen molar-refractivity contribution in [2.24, 2.45) is 0 Å². The Kier molecular flexibility index (Phi) is 4.85. The summed E-state index contributed by atoms with van der Waals surface area (Å²) in [5, 5.41) is 10.3. The molecule has 0 aliphatic carbocycles. The number of hydrogen-bond donors (Lipinski definition) is 1. The highest BCUT2D eigenvalue weighted by Crippen LogP contribution is 2.44. The average Bonchev–Trinajstić information content (AvgIpc) is 3.33. The minimum atomic E-state index is -4.18. The van der Waals surface area contributed by atoms with E-state index < -0.39 is 16.0 Å². The summed E-state index contributed by atoms with van der Waals surface area (Å²) in [4.78, 5) is 12.7. The first-order valence-electron chi connectivity index (χ1n) is 10.8. The van der Waals surface area contributed by atoms with Crippen LogP contribution in [-0.4, -0.2) is 43.8 Å². The molecule has 0 saturated heterocycles. The van der Waals surface area contributed by atoms with Gasteiger partial charge in [-0.25, -0.2) is 13.2 Å². The van der Waals surface area contributed by atoms with Crippen molar-refractivity contribution in [2.75, 3.05) is 20.0 Å². The lowest BCUT2D eigenvalue weighted by atomic mass is 9.94. The summed E-state index contributed by atoms with van der Waals surface area (Å²) in [5.74, 6) is 0.677. The lowest BCUT2D eigenvalue weighted by Crippen LogP contribution is -2.37. The Morgan fingerprint density at radius 3 is 2.37 bits per heavy atom. The van der Waals surface area contributed by atoms with E-state index in [1.165, 1.54) is 6.07 Å². The van der Waals surface area contributed by atoms with Crippen molar-refractivity contribution in [2.45, 2.75) is 11.4 Å². The van der Waals surface area contributed by atoms with E-state index in [-0.39, 0.29) is 29.5 Å². The number of sulfonamides is 1. The van der Waals surface area contributed by atoms with Gasteiger partial charge in [-0.3, -0.25) is 4.31 Å². The Bertz CT molecular complexity index is 1510.